The van der Waals surface area contributed by atoms with Gasteiger partial charge < -0.3 is 15.4 Å². The van der Waals surface area contributed by atoms with Gasteiger partial charge in [0.2, 0.25) is 0 Å². The van der Waals surface area contributed by atoms with Crippen LogP contribution in [0.4, 0.5) is 5.69 Å². The number of aryl methyl sites for hydroxylation is 1. The molecule has 1 fully saturated rings. The fraction of sp³-hybridized carbons (Fsp3) is 0.533. The summed E-state index contributed by atoms with van der Waals surface area (Å²) >= 11 is 0. The molecule has 0 bridgehead atoms. The van der Waals surface area contributed by atoms with Crippen molar-refractivity contribution in [2.45, 2.75) is 25.3 Å². The van der Waals surface area contributed by atoms with Crippen LogP contribution in [0, 0.1) is 12.8 Å². The lowest BCUT2D eigenvalue weighted by atomic mass is 9.74. The number of benzene rings is 1. The molecule has 2 N–H and O–H groups in total. The van der Waals surface area contributed by atoms with E-state index in [1.807, 2.05) is 0 Å². The first-order valence-corrected chi connectivity index (χ1v) is 6.86. The number of hydrogen-bond donors (Lipinski definition) is 2. The molecule has 0 radical (unpaired) electrons. The summed E-state index contributed by atoms with van der Waals surface area (Å²) in [6.45, 7) is 3.94. The maximum Gasteiger partial charge on any atom is 0.313 e. The van der Waals surface area contributed by atoms with Crippen LogP contribution in [0.5, 0.6) is 0 Å². The second kappa shape index (κ2) is 4.85. The first-order chi connectivity index (χ1) is 9.20. The minimum absolute atomic E-state index is 0.120. The number of anilines is 1. The van der Waals surface area contributed by atoms with E-state index in [1.54, 1.807) is 0 Å². The largest absolute Gasteiger partial charge is 0.469 e. The second-order valence-electron chi connectivity index (χ2n) is 5.50. The highest BCUT2D eigenvalue weighted by Crippen LogP contribution is 2.41. The molecular formula is C15H20N2O2. The van der Waals surface area contributed by atoms with E-state index in [-0.39, 0.29) is 17.8 Å². The number of esters is 1. The number of ether oxygens (including phenoxy) is 1. The van der Waals surface area contributed by atoms with Crippen molar-refractivity contribution in [1.82, 2.24) is 5.32 Å². The van der Waals surface area contributed by atoms with E-state index in [9.17, 15) is 4.79 Å². The van der Waals surface area contributed by atoms with Gasteiger partial charge in [0, 0.05) is 24.2 Å². The Labute approximate surface area is 113 Å². The molecule has 0 saturated carbocycles. The standard InChI is InChI=1S/C15H20N2O2/c1-9-3-4-10-13(7-9)17-12-5-6-16-8-11(12)14(10)15(18)19-2/h3-4,7,11-12,14,16-17H,5-6,8H2,1-2H3. The average Bonchev–Trinajstić information content (AvgIpc) is 2.43. The summed E-state index contributed by atoms with van der Waals surface area (Å²) in [5, 5.41) is 6.99. The predicted octanol–water partition coefficient (Wildman–Crippen LogP) is 1.66. The number of piperidine rings is 1. The third kappa shape index (κ3) is 2.10. The molecule has 19 heavy (non-hydrogen) atoms. The van der Waals surface area contributed by atoms with Gasteiger partial charge in [0.1, 0.15) is 0 Å². The van der Waals surface area contributed by atoms with Crippen LogP contribution in [0.2, 0.25) is 0 Å². The molecule has 3 unspecified atom stereocenters. The molecule has 3 rings (SSSR count). The van der Waals surface area contributed by atoms with E-state index in [4.69, 9.17) is 4.74 Å². The minimum Gasteiger partial charge on any atom is -0.469 e. The van der Waals surface area contributed by atoms with Crippen LogP contribution in [-0.4, -0.2) is 32.2 Å². The Bertz CT molecular complexity index is 501. The lowest BCUT2D eigenvalue weighted by Gasteiger charge is -2.42. The summed E-state index contributed by atoms with van der Waals surface area (Å²) < 4.78 is 5.03. The molecule has 4 nitrogen and oxygen atoms in total. The van der Waals surface area contributed by atoms with E-state index in [2.05, 4.69) is 35.8 Å². The van der Waals surface area contributed by atoms with E-state index in [0.29, 0.717) is 6.04 Å². The SMILES string of the molecule is COC(=O)C1c2ccc(C)cc2NC2CCNCC21. The number of fused-ring (bicyclic) bond motifs is 2. The molecule has 102 valence electrons. The smallest absolute Gasteiger partial charge is 0.313 e. The van der Waals surface area contributed by atoms with Crippen molar-refractivity contribution in [2.75, 3.05) is 25.5 Å². The van der Waals surface area contributed by atoms with Crippen LogP contribution in [0.1, 0.15) is 23.5 Å². The van der Waals surface area contributed by atoms with Gasteiger partial charge in [-0.25, -0.2) is 0 Å². The van der Waals surface area contributed by atoms with Gasteiger partial charge in [-0.3, -0.25) is 4.79 Å². The van der Waals surface area contributed by atoms with Crippen LogP contribution in [0.25, 0.3) is 0 Å². The molecule has 2 aliphatic heterocycles. The van der Waals surface area contributed by atoms with Crippen LogP contribution in [-0.2, 0) is 9.53 Å². The lowest BCUT2D eigenvalue weighted by molar-refractivity contribution is -0.144. The van der Waals surface area contributed by atoms with Crippen molar-refractivity contribution in [3.63, 3.8) is 0 Å². The van der Waals surface area contributed by atoms with E-state index in [0.717, 1.165) is 30.8 Å². The Morgan fingerprint density at radius 3 is 3.05 bits per heavy atom. The summed E-state index contributed by atoms with van der Waals surface area (Å²) in [4.78, 5) is 12.2. The third-order valence-electron chi connectivity index (χ3n) is 4.30. The Kier molecular flexibility index (Phi) is 3.19. The van der Waals surface area contributed by atoms with E-state index < -0.39 is 0 Å². The van der Waals surface area contributed by atoms with Gasteiger partial charge in [0.15, 0.2) is 0 Å². The molecule has 4 heteroatoms. The van der Waals surface area contributed by atoms with Gasteiger partial charge in [0.25, 0.3) is 0 Å². The van der Waals surface area contributed by atoms with Crippen LogP contribution in [0.15, 0.2) is 18.2 Å². The Morgan fingerprint density at radius 1 is 1.42 bits per heavy atom. The van der Waals surface area contributed by atoms with Crippen molar-refractivity contribution in [3.8, 4) is 0 Å². The normalized spacial score (nSPS) is 28.8. The van der Waals surface area contributed by atoms with Crippen LogP contribution < -0.4 is 10.6 Å². The molecule has 2 aliphatic rings. The number of carbonyl (C=O) groups is 1. The zero-order chi connectivity index (χ0) is 13.4. The summed E-state index contributed by atoms with van der Waals surface area (Å²) in [5.41, 5.74) is 3.38. The van der Waals surface area contributed by atoms with Crippen molar-refractivity contribution < 1.29 is 9.53 Å². The van der Waals surface area contributed by atoms with E-state index >= 15 is 0 Å². The van der Waals surface area contributed by atoms with Gasteiger partial charge in [-0.05, 0) is 37.1 Å². The van der Waals surface area contributed by atoms with Gasteiger partial charge >= 0.3 is 5.97 Å². The monoisotopic (exact) mass is 260 g/mol. The fourth-order valence-electron chi connectivity index (χ4n) is 3.34. The lowest BCUT2D eigenvalue weighted by Crippen LogP contribution is -2.50. The summed E-state index contributed by atoms with van der Waals surface area (Å²) in [6, 6.07) is 6.61. The van der Waals surface area contributed by atoms with Crippen molar-refractivity contribution >= 4 is 11.7 Å². The topological polar surface area (TPSA) is 50.4 Å². The maximum atomic E-state index is 12.2. The second-order valence-corrected chi connectivity index (χ2v) is 5.50. The predicted molar refractivity (Wildman–Crippen MR) is 74.3 cm³/mol. The fourth-order valence-corrected chi connectivity index (χ4v) is 3.34. The van der Waals surface area contributed by atoms with Gasteiger partial charge in [-0.2, -0.15) is 0 Å². The van der Waals surface area contributed by atoms with Crippen molar-refractivity contribution in [3.05, 3.63) is 29.3 Å². The maximum absolute atomic E-state index is 12.2. The number of hydrogen-bond acceptors (Lipinski definition) is 4. The van der Waals surface area contributed by atoms with Gasteiger partial charge in [-0.15, -0.1) is 0 Å². The highest BCUT2D eigenvalue weighted by atomic mass is 16.5. The zero-order valence-corrected chi connectivity index (χ0v) is 11.4. The minimum atomic E-state index is -0.153. The summed E-state index contributed by atoms with van der Waals surface area (Å²) in [6.07, 6.45) is 1.05. The molecule has 3 atom stereocenters. The Balaban J connectivity index is 2.05. The van der Waals surface area contributed by atoms with Gasteiger partial charge in [-0.1, -0.05) is 12.1 Å². The van der Waals surface area contributed by atoms with Crippen LogP contribution >= 0.6 is 0 Å². The summed E-state index contributed by atoms with van der Waals surface area (Å²) in [7, 11) is 1.48. The number of carbonyl (C=O) groups excluding carboxylic acids is 1. The van der Waals surface area contributed by atoms with Crippen molar-refractivity contribution in [1.29, 1.82) is 0 Å². The molecule has 1 saturated heterocycles. The molecule has 1 aromatic rings. The quantitative estimate of drug-likeness (QED) is 0.754. The molecule has 1 aromatic carbocycles. The highest BCUT2D eigenvalue weighted by Gasteiger charge is 2.42. The summed E-state index contributed by atoms with van der Waals surface area (Å²) in [5.74, 6) is 0.00126. The zero-order valence-electron chi connectivity index (χ0n) is 11.4. The van der Waals surface area contributed by atoms with Crippen LogP contribution in [0.3, 0.4) is 0 Å². The molecule has 0 aromatic heterocycles. The van der Waals surface area contributed by atoms with Crippen molar-refractivity contribution in [2.24, 2.45) is 5.92 Å². The highest BCUT2D eigenvalue weighted by molar-refractivity contribution is 5.82. The third-order valence-corrected chi connectivity index (χ3v) is 4.30. The number of nitrogens with one attached hydrogen (secondary N) is 2. The average molecular weight is 260 g/mol. The Morgan fingerprint density at radius 2 is 2.26 bits per heavy atom. The first-order valence-electron chi connectivity index (χ1n) is 6.86. The Hall–Kier alpha value is -1.55. The molecule has 0 amide bonds. The number of methoxy groups -OCH3 is 1. The molecular weight excluding hydrogens is 240 g/mol. The molecule has 2 heterocycles. The molecule has 0 aliphatic carbocycles. The number of rotatable bonds is 1. The van der Waals surface area contributed by atoms with E-state index in [1.165, 1.54) is 12.7 Å². The first kappa shape index (κ1) is 12.5. The van der Waals surface area contributed by atoms with Gasteiger partial charge in [0.05, 0.1) is 13.0 Å². The molecule has 0 spiro atoms.